The number of nitrogens with one attached hydrogen (secondary N) is 1. The number of hydrogen-bond acceptors (Lipinski definition) is 5. The summed E-state index contributed by atoms with van der Waals surface area (Å²) in [6.45, 7) is 6.46. The van der Waals surface area contributed by atoms with Crippen molar-refractivity contribution in [1.82, 2.24) is 10.2 Å². The molecule has 0 aliphatic carbocycles. The summed E-state index contributed by atoms with van der Waals surface area (Å²) in [4.78, 5) is 13.3. The van der Waals surface area contributed by atoms with Crippen molar-refractivity contribution in [2.24, 2.45) is 0 Å². The van der Waals surface area contributed by atoms with Gasteiger partial charge in [0.15, 0.2) is 0 Å². The van der Waals surface area contributed by atoms with Crippen LogP contribution in [0.5, 0.6) is 0 Å². The smallest absolute Gasteiger partial charge is 0.307 e. The van der Waals surface area contributed by atoms with Crippen molar-refractivity contribution >= 4 is 5.97 Å². The molecule has 0 radical (unpaired) electrons. The van der Waals surface area contributed by atoms with Crippen LogP contribution in [0.25, 0.3) is 0 Å². The Morgan fingerprint density at radius 2 is 2.44 bits per heavy atom. The van der Waals surface area contributed by atoms with Crippen LogP contribution in [0.1, 0.15) is 13.3 Å². The number of hydrogen-bond donors (Lipinski definition) is 1. The Morgan fingerprint density at radius 1 is 1.62 bits per heavy atom. The predicted octanol–water partition coefficient (Wildman–Crippen LogP) is -0.140. The predicted molar refractivity (Wildman–Crippen MR) is 61.4 cm³/mol. The Balaban J connectivity index is 2.00. The average molecular weight is 230 g/mol. The van der Waals surface area contributed by atoms with E-state index in [0.29, 0.717) is 19.6 Å². The Labute approximate surface area is 97.1 Å². The molecule has 16 heavy (non-hydrogen) atoms. The molecular formula is C11H22N2O3. The van der Waals surface area contributed by atoms with E-state index in [9.17, 15) is 4.79 Å². The topological polar surface area (TPSA) is 50.8 Å². The van der Waals surface area contributed by atoms with Gasteiger partial charge >= 0.3 is 5.97 Å². The third kappa shape index (κ3) is 5.44. The maximum absolute atomic E-state index is 11.0. The van der Waals surface area contributed by atoms with Gasteiger partial charge in [0.25, 0.3) is 0 Å². The van der Waals surface area contributed by atoms with Gasteiger partial charge in [0, 0.05) is 26.2 Å². The second-order valence-electron chi connectivity index (χ2n) is 4.01. The van der Waals surface area contributed by atoms with Gasteiger partial charge in [-0.2, -0.15) is 0 Å². The van der Waals surface area contributed by atoms with Crippen LogP contribution in [0, 0.1) is 0 Å². The molecule has 1 heterocycles. The zero-order valence-electron chi connectivity index (χ0n) is 10.2. The van der Waals surface area contributed by atoms with Gasteiger partial charge in [0.2, 0.25) is 0 Å². The summed E-state index contributed by atoms with van der Waals surface area (Å²) < 4.78 is 10.4. The molecule has 0 bridgehead atoms. The summed E-state index contributed by atoms with van der Waals surface area (Å²) >= 11 is 0. The molecule has 0 aromatic heterocycles. The zero-order chi connectivity index (χ0) is 11.8. The van der Waals surface area contributed by atoms with Crippen LogP contribution >= 0.6 is 0 Å². The lowest BCUT2D eigenvalue weighted by molar-refractivity contribution is -0.143. The molecule has 5 heteroatoms. The van der Waals surface area contributed by atoms with E-state index in [2.05, 4.69) is 17.3 Å². The van der Waals surface area contributed by atoms with E-state index in [1.54, 1.807) is 0 Å². The molecule has 0 saturated carbocycles. The standard InChI is InChI=1S/C11H22N2O3/c1-3-15-11(14)4-5-12-8-10-9-13(2)6-7-16-10/h10,12H,3-9H2,1-2H3. The van der Waals surface area contributed by atoms with Crippen molar-refractivity contribution < 1.29 is 14.3 Å². The normalized spacial score (nSPS) is 22.0. The van der Waals surface area contributed by atoms with E-state index < -0.39 is 0 Å². The van der Waals surface area contributed by atoms with Gasteiger partial charge in [-0.1, -0.05) is 0 Å². The molecule has 1 aliphatic heterocycles. The largest absolute Gasteiger partial charge is 0.466 e. The van der Waals surface area contributed by atoms with Crippen molar-refractivity contribution in [2.75, 3.05) is 46.4 Å². The monoisotopic (exact) mass is 230 g/mol. The van der Waals surface area contributed by atoms with Crippen LogP contribution in [0.15, 0.2) is 0 Å². The molecule has 0 spiro atoms. The van der Waals surface area contributed by atoms with Crippen LogP contribution in [0.2, 0.25) is 0 Å². The third-order valence-corrected chi connectivity index (χ3v) is 2.53. The number of morpholine rings is 1. The van der Waals surface area contributed by atoms with Crippen molar-refractivity contribution in [1.29, 1.82) is 0 Å². The van der Waals surface area contributed by atoms with Gasteiger partial charge in [0.05, 0.1) is 25.7 Å². The van der Waals surface area contributed by atoms with E-state index >= 15 is 0 Å². The Hall–Kier alpha value is -0.650. The minimum absolute atomic E-state index is 0.142. The van der Waals surface area contributed by atoms with Crippen molar-refractivity contribution in [2.45, 2.75) is 19.4 Å². The van der Waals surface area contributed by atoms with Gasteiger partial charge < -0.3 is 19.7 Å². The van der Waals surface area contributed by atoms with Crippen LogP contribution in [0.4, 0.5) is 0 Å². The van der Waals surface area contributed by atoms with Gasteiger partial charge in [-0.15, -0.1) is 0 Å². The molecule has 1 rings (SSSR count). The van der Waals surface area contributed by atoms with E-state index in [1.165, 1.54) is 0 Å². The number of nitrogens with zero attached hydrogens (tertiary/aromatic N) is 1. The summed E-state index contributed by atoms with van der Waals surface area (Å²) in [6, 6.07) is 0. The molecule has 94 valence electrons. The summed E-state index contributed by atoms with van der Waals surface area (Å²) in [5.74, 6) is -0.142. The Kier molecular flexibility index (Phi) is 6.37. The molecule has 0 aromatic carbocycles. The zero-order valence-corrected chi connectivity index (χ0v) is 10.2. The summed E-state index contributed by atoms with van der Waals surface area (Å²) in [5.41, 5.74) is 0. The molecule has 1 unspecified atom stereocenters. The molecule has 1 saturated heterocycles. The maximum Gasteiger partial charge on any atom is 0.307 e. The second kappa shape index (κ2) is 7.60. The SMILES string of the molecule is CCOC(=O)CCNCC1CN(C)CCO1. The van der Waals surface area contributed by atoms with Gasteiger partial charge in [-0.3, -0.25) is 4.79 Å². The highest BCUT2D eigenvalue weighted by molar-refractivity contribution is 5.69. The highest BCUT2D eigenvalue weighted by Gasteiger charge is 2.16. The van der Waals surface area contributed by atoms with Crippen LogP contribution in [-0.4, -0.2) is 63.4 Å². The second-order valence-corrected chi connectivity index (χ2v) is 4.01. The fourth-order valence-corrected chi connectivity index (χ4v) is 1.68. The molecule has 1 fully saturated rings. The Bertz CT molecular complexity index is 211. The number of esters is 1. The van der Waals surface area contributed by atoms with Gasteiger partial charge in [-0.25, -0.2) is 0 Å². The Morgan fingerprint density at radius 3 is 3.12 bits per heavy atom. The number of carbonyl (C=O) groups excluding carboxylic acids is 1. The minimum atomic E-state index is -0.142. The van der Waals surface area contributed by atoms with E-state index in [4.69, 9.17) is 9.47 Å². The minimum Gasteiger partial charge on any atom is -0.466 e. The van der Waals surface area contributed by atoms with Crippen molar-refractivity contribution in [3.8, 4) is 0 Å². The lowest BCUT2D eigenvalue weighted by Crippen LogP contribution is -2.45. The number of ether oxygens (including phenoxy) is 2. The lowest BCUT2D eigenvalue weighted by atomic mass is 10.3. The highest BCUT2D eigenvalue weighted by Crippen LogP contribution is 2.01. The van der Waals surface area contributed by atoms with E-state index in [0.717, 1.165) is 26.2 Å². The first-order valence-corrected chi connectivity index (χ1v) is 5.89. The van der Waals surface area contributed by atoms with Crippen LogP contribution < -0.4 is 5.32 Å². The molecule has 1 atom stereocenters. The van der Waals surface area contributed by atoms with Crippen molar-refractivity contribution in [3.63, 3.8) is 0 Å². The van der Waals surface area contributed by atoms with Gasteiger partial charge in [0.1, 0.15) is 0 Å². The van der Waals surface area contributed by atoms with E-state index in [1.807, 2.05) is 6.92 Å². The summed E-state index contributed by atoms with van der Waals surface area (Å²) in [5, 5.41) is 3.21. The molecule has 1 N–H and O–H groups in total. The molecule has 1 aliphatic rings. The number of likely N-dealkylation sites (N-methyl/N-ethyl adjacent to an activating group) is 1. The molecule has 5 nitrogen and oxygen atoms in total. The first-order chi connectivity index (χ1) is 7.72. The number of rotatable bonds is 6. The average Bonchev–Trinajstić information content (AvgIpc) is 2.25. The first kappa shape index (κ1) is 13.4. The summed E-state index contributed by atoms with van der Waals surface area (Å²) in [6.07, 6.45) is 0.664. The molecule has 0 aromatic rings. The van der Waals surface area contributed by atoms with Crippen LogP contribution in [0.3, 0.4) is 0 Å². The van der Waals surface area contributed by atoms with Crippen molar-refractivity contribution in [3.05, 3.63) is 0 Å². The molecular weight excluding hydrogens is 208 g/mol. The molecule has 0 amide bonds. The summed E-state index contributed by atoms with van der Waals surface area (Å²) in [7, 11) is 2.09. The van der Waals surface area contributed by atoms with Gasteiger partial charge in [-0.05, 0) is 14.0 Å². The maximum atomic E-state index is 11.0. The number of carbonyl (C=O) groups is 1. The van der Waals surface area contributed by atoms with Crippen LogP contribution in [-0.2, 0) is 14.3 Å². The first-order valence-electron chi connectivity index (χ1n) is 5.89. The lowest BCUT2D eigenvalue weighted by Gasteiger charge is -2.30. The van der Waals surface area contributed by atoms with E-state index in [-0.39, 0.29) is 12.1 Å². The highest BCUT2D eigenvalue weighted by atomic mass is 16.5. The fourth-order valence-electron chi connectivity index (χ4n) is 1.68. The fraction of sp³-hybridized carbons (Fsp3) is 0.909. The third-order valence-electron chi connectivity index (χ3n) is 2.53. The quantitative estimate of drug-likeness (QED) is 0.508.